The SMILES string of the molecule is CC.CCC.O=c1c(-c2cc(O)c(F)cc2F)c(Cl)n2n1CCCC2. The number of fused-ring (bicyclic) bond motifs is 1. The van der Waals surface area contributed by atoms with Gasteiger partial charge in [0.05, 0.1) is 5.56 Å². The van der Waals surface area contributed by atoms with E-state index in [1.54, 1.807) is 4.68 Å². The Labute approximate surface area is 151 Å². The summed E-state index contributed by atoms with van der Waals surface area (Å²) < 4.78 is 30.0. The van der Waals surface area contributed by atoms with Gasteiger partial charge in [0.1, 0.15) is 11.0 Å². The monoisotopic (exact) mass is 374 g/mol. The van der Waals surface area contributed by atoms with E-state index in [4.69, 9.17) is 11.6 Å². The molecule has 1 aliphatic heterocycles. The average molecular weight is 375 g/mol. The largest absolute Gasteiger partial charge is 0.505 e. The van der Waals surface area contributed by atoms with Crippen LogP contribution in [0.3, 0.4) is 0 Å². The van der Waals surface area contributed by atoms with E-state index in [2.05, 4.69) is 13.8 Å². The first-order valence-corrected chi connectivity index (χ1v) is 8.97. The molecular weight excluding hydrogens is 350 g/mol. The molecular formula is C18H25ClF2N2O2. The zero-order chi connectivity index (χ0) is 19.1. The van der Waals surface area contributed by atoms with E-state index < -0.39 is 22.9 Å². The lowest BCUT2D eigenvalue weighted by atomic mass is 10.1. The van der Waals surface area contributed by atoms with Crippen molar-refractivity contribution in [1.82, 2.24) is 9.36 Å². The molecule has 1 aromatic carbocycles. The van der Waals surface area contributed by atoms with Crippen LogP contribution in [0.15, 0.2) is 16.9 Å². The number of benzene rings is 1. The fraction of sp³-hybridized carbons (Fsp3) is 0.500. The number of hydrogen-bond acceptors (Lipinski definition) is 2. The first-order chi connectivity index (χ1) is 11.9. The van der Waals surface area contributed by atoms with Crippen molar-refractivity contribution >= 4 is 11.6 Å². The van der Waals surface area contributed by atoms with Gasteiger partial charge in [-0.2, -0.15) is 0 Å². The summed E-state index contributed by atoms with van der Waals surface area (Å²) in [6.07, 6.45) is 2.97. The standard InChI is InChI=1S/C13H11ClF2N2O2.C3H8.C2H6/c14-12-11(7-5-10(19)9(16)6-8(7)15)13(20)18-4-2-1-3-17(12)18;1-3-2;1-2/h5-6,19H,1-4H2;3H2,1-2H3;1-2H3. The fourth-order valence-electron chi connectivity index (χ4n) is 2.48. The van der Waals surface area contributed by atoms with Gasteiger partial charge in [-0.1, -0.05) is 45.7 Å². The quantitative estimate of drug-likeness (QED) is 0.746. The summed E-state index contributed by atoms with van der Waals surface area (Å²) >= 11 is 6.15. The lowest BCUT2D eigenvalue weighted by Gasteiger charge is -2.17. The Balaban J connectivity index is 0.000000567. The maximum absolute atomic E-state index is 13.9. The van der Waals surface area contributed by atoms with E-state index >= 15 is 0 Å². The molecule has 0 amide bonds. The van der Waals surface area contributed by atoms with Gasteiger partial charge in [-0.15, -0.1) is 0 Å². The van der Waals surface area contributed by atoms with Gasteiger partial charge in [-0.3, -0.25) is 9.48 Å². The summed E-state index contributed by atoms with van der Waals surface area (Å²) in [6.45, 7) is 9.33. The Bertz CT molecular complexity index is 769. The van der Waals surface area contributed by atoms with Crippen molar-refractivity contribution in [1.29, 1.82) is 0 Å². The van der Waals surface area contributed by atoms with E-state index in [0.717, 1.165) is 18.9 Å². The van der Waals surface area contributed by atoms with Crippen LogP contribution >= 0.6 is 11.6 Å². The predicted octanol–water partition coefficient (Wildman–Crippen LogP) is 5.19. The molecule has 2 aromatic rings. The topological polar surface area (TPSA) is 47.2 Å². The highest BCUT2D eigenvalue weighted by atomic mass is 35.5. The number of aromatic hydroxyl groups is 1. The van der Waals surface area contributed by atoms with Crippen LogP contribution in [0.25, 0.3) is 11.1 Å². The summed E-state index contributed by atoms with van der Waals surface area (Å²) in [7, 11) is 0. The van der Waals surface area contributed by atoms with E-state index in [-0.39, 0.29) is 16.3 Å². The Morgan fingerprint density at radius 3 is 2.12 bits per heavy atom. The van der Waals surface area contributed by atoms with Crippen molar-refractivity contribution in [3.63, 3.8) is 0 Å². The van der Waals surface area contributed by atoms with Crippen molar-refractivity contribution in [2.75, 3.05) is 0 Å². The van der Waals surface area contributed by atoms with E-state index in [1.807, 2.05) is 13.8 Å². The molecule has 0 radical (unpaired) electrons. The second kappa shape index (κ2) is 9.61. The average Bonchev–Trinajstić information content (AvgIpc) is 2.85. The number of halogens is 3. The molecule has 1 N–H and O–H groups in total. The second-order valence-electron chi connectivity index (χ2n) is 5.41. The molecule has 7 heteroatoms. The van der Waals surface area contributed by atoms with Crippen molar-refractivity contribution in [2.45, 2.75) is 60.0 Å². The molecule has 1 aromatic heterocycles. The molecule has 0 fully saturated rings. The highest BCUT2D eigenvalue weighted by Crippen LogP contribution is 2.32. The molecule has 4 nitrogen and oxygen atoms in total. The van der Waals surface area contributed by atoms with Crippen LogP contribution in [-0.4, -0.2) is 14.5 Å². The van der Waals surface area contributed by atoms with Gasteiger partial charge in [0.15, 0.2) is 11.6 Å². The van der Waals surface area contributed by atoms with Gasteiger partial charge < -0.3 is 5.11 Å². The van der Waals surface area contributed by atoms with E-state index in [0.29, 0.717) is 19.2 Å². The first-order valence-electron chi connectivity index (χ1n) is 8.59. The van der Waals surface area contributed by atoms with Crippen LogP contribution in [0.1, 0.15) is 47.0 Å². The molecule has 0 unspecified atom stereocenters. The van der Waals surface area contributed by atoms with Crippen LogP contribution in [0.4, 0.5) is 8.78 Å². The second-order valence-corrected chi connectivity index (χ2v) is 5.77. The number of phenolic OH excluding ortho intramolecular Hbond substituents is 1. The summed E-state index contributed by atoms with van der Waals surface area (Å²) in [6, 6.07) is 1.43. The first kappa shape index (κ1) is 21.2. The minimum absolute atomic E-state index is 0.0404. The van der Waals surface area contributed by atoms with Crippen LogP contribution in [0, 0.1) is 11.6 Å². The minimum Gasteiger partial charge on any atom is -0.505 e. The lowest BCUT2D eigenvalue weighted by molar-refractivity contribution is 0.356. The molecule has 0 saturated heterocycles. The number of rotatable bonds is 1. The van der Waals surface area contributed by atoms with Crippen molar-refractivity contribution in [2.24, 2.45) is 0 Å². The predicted molar refractivity (Wildman–Crippen MR) is 97.3 cm³/mol. The third-order valence-electron chi connectivity index (χ3n) is 3.47. The molecule has 2 heterocycles. The van der Waals surface area contributed by atoms with Crippen LogP contribution < -0.4 is 5.56 Å². The van der Waals surface area contributed by atoms with Gasteiger partial charge in [-0.25, -0.2) is 13.5 Å². The molecule has 0 aliphatic carbocycles. The summed E-state index contributed by atoms with van der Waals surface area (Å²) in [4.78, 5) is 12.3. The van der Waals surface area contributed by atoms with Gasteiger partial charge >= 0.3 is 0 Å². The molecule has 1 aliphatic rings. The molecule has 0 spiro atoms. The zero-order valence-electron chi connectivity index (χ0n) is 15.1. The number of phenols is 1. The molecule has 25 heavy (non-hydrogen) atoms. The Morgan fingerprint density at radius 1 is 1.08 bits per heavy atom. The van der Waals surface area contributed by atoms with Crippen molar-refractivity contribution in [3.05, 3.63) is 39.3 Å². The van der Waals surface area contributed by atoms with Crippen molar-refractivity contribution < 1.29 is 13.9 Å². The van der Waals surface area contributed by atoms with Gasteiger partial charge in [0.25, 0.3) is 5.56 Å². The maximum atomic E-state index is 13.9. The molecule has 0 bridgehead atoms. The van der Waals surface area contributed by atoms with Crippen LogP contribution in [0.5, 0.6) is 5.75 Å². The lowest BCUT2D eigenvalue weighted by Crippen LogP contribution is -2.27. The molecule has 140 valence electrons. The fourth-order valence-corrected chi connectivity index (χ4v) is 2.84. The number of nitrogens with zero attached hydrogens (tertiary/aromatic N) is 2. The Kier molecular flexibility index (Phi) is 8.16. The summed E-state index contributed by atoms with van der Waals surface area (Å²) in [5, 5.41) is 9.48. The number of aromatic nitrogens is 2. The minimum atomic E-state index is -1.08. The third kappa shape index (κ3) is 4.42. The van der Waals surface area contributed by atoms with Gasteiger partial charge in [0.2, 0.25) is 0 Å². The Hall–Kier alpha value is -1.82. The van der Waals surface area contributed by atoms with Gasteiger partial charge in [0, 0.05) is 24.7 Å². The normalized spacial score (nSPS) is 12.4. The molecule has 0 saturated carbocycles. The smallest absolute Gasteiger partial charge is 0.276 e. The van der Waals surface area contributed by atoms with Crippen LogP contribution in [-0.2, 0) is 13.1 Å². The highest BCUT2D eigenvalue weighted by Gasteiger charge is 2.24. The van der Waals surface area contributed by atoms with E-state index in [9.17, 15) is 18.7 Å². The summed E-state index contributed by atoms with van der Waals surface area (Å²) in [5.74, 6) is -2.72. The molecule has 3 rings (SSSR count). The highest BCUT2D eigenvalue weighted by molar-refractivity contribution is 6.32. The Morgan fingerprint density at radius 2 is 1.60 bits per heavy atom. The zero-order valence-corrected chi connectivity index (χ0v) is 15.8. The third-order valence-corrected chi connectivity index (χ3v) is 3.85. The molecule has 0 atom stereocenters. The maximum Gasteiger partial charge on any atom is 0.276 e. The summed E-state index contributed by atoms with van der Waals surface area (Å²) in [5.41, 5.74) is -0.658. The van der Waals surface area contributed by atoms with Crippen molar-refractivity contribution in [3.8, 4) is 16.9 Å². The van der Waals surface area contributed by atoms with Gasteiger partial charge in [-0.05, 0) is 18.9 Å². The van der Waals surface area contributed by atoms with Crippen LogP contribution in [0.2, 0.25) is 5.15 Å². The van der Waals surface area contributed by atoms with E-state index in [1.165, 1.54) is 11.1 Å². The number of hydrogen-bond donors (Lipinski definition) is 1.